The number of nitrogens with two attached hydrogens (primary N) is 1. The number of rotatable bonds is 4. The summed E-state index contributed by atoms with van der Waals surface area (Å²) in [6.07, 6.45) is 0. The Morgan fingerprint density at radius 3 is 2.62 bits per heavy atom. The van der Waals surface area contributed by atoms with Crippen LogP contribution in [0.25, 0.3) is 0 Å². The second-order valence-corrected chi connectivity index (χ2v) is 3.16. The molecule has 6 heteroatoms. The molecule has 0 saturated heterocycles. The molecule has 86 valence electrons. The van der Waals surface area contributed by atoms with Gasteiger partial charge in [-0.1, -0.05) is 0 Å². The van der Waals surface area contributed by atoms with E-state index in [0.29, 0.717) is 6.61 Å². The Bertz CT molecular complexity index is 443. The smallest absolute Gasteiger partial charge is 0.286 e. The molecule has 0 fully saturated rings. The third kappa shape index (κ3) is 2.28. The topological polar surface area (TPSA) is 95.5 Å². The molecule has 0 aliphatic rings. The number of anilines is 1. The molecule has 0 aliphatic heterocycles. The number of hydrogen-bond acceptors (Lipinski definition) is 5. The van der Waals surface area contributed by atoms with Crippen molar-refractivity contribution >= 4 is 17.2 Å². The summed E-state index contributed by atoms with van der Waals surface area (Å²) >= 11 is 0. The Morgan fingerprint density at radius 1 is 1.56 bits per heavy atom. The summed E-state index contributed by atoms with van der Waals surface area (Å²) < 4.78 is 5.16. The highest BCUT2D eigenvalue weighted by Crippen LogP contribution is 2.32. The van der Waals surface area contributed by atoms with Crippen molar-refractivity contribution in [1.29, 1.82) is 0 Å². The molecular formula is C10H12N2O4. The minimum atomic E-state index is -0.643. The summed E-state index contributed by atoms with van der Waals surface area (Å²) in [4.78, 5) is 21.5. The molecule has 0 aliphatic carbocycles. The Labute approximate surface area is 92.2 Å². The van der Waals surface area contributed by atoms with Crippen molar-refractivity contribution in [3.8, 4) is 5.75 Å². The maximum absolute atomic E-state index is 11.4. The van der Waals surface area contributed by atoms with Crippen LogP contribution in [0.5, 0.6) is 5.75 Å². The summed E-state index contributed by atoms with van der Waals surface area (Å²) in [6, 6.07) is 2.56. The Morgan fingerprint density at radius 2 is 2.19 bits per heavy atom. The molecule has 0 saturated carbocycles. The molecular weight excluding hydrogens is 212 g/mol. The zero-order valence-corrected chi connectivity index (χ0v) is 9.02. The van der Waals surface area contributed by atoms with Crippen molar-refractivity contribution in [3.63, 3.8) is 0 Å². The summed E-state index contributed by atoms with van der Waals surface area (Å²) in [5, 5.41) is 10.8. The first-order valence-corrected chi connectivity index (χ1v) is 4.69. The molecule has 0 amide bonds. The van der Waals surface area contributed by atoms with Crippen molar-refractivity contribution in [2.75, 3.05) is 12.3 Å². The Hall–Kier alpha value is -2.11. The lowest BCUT2D eigenvalue weighted by atomic mass is 10.1. The van der Waals surface area contributed by atoms with Crippen molar-refractivity contribution in [2.24, 2.45) is 0 Å². The first kappa shape index (κ1) is 12.0. The number of nitrogen functional groups attached to an aromatic ring is 1. The molecule has 0 bridgehead atoms. The van der Waals surface area contributed by atoms with Gasteiger partial charge in [-0.2, -0.15) is 0 Å². The van der Waals surface area contributed by atoms with Crippen LogP contribution in [0, 0.1) is 10.1 Å². The van der Waals surface area contributed by atoms with Gasteiger partial charge in [0.15, 0.2) is 5.78 Å². The molecule has 1 rings (SSSR count). The number of hydrogen-bond donors (Lipinski definition) is 1. The van der Waals surface area contributed by atoms with E-state index in [0.717, 1.165) is 6.07 Å². The van der Waals surface area contributed by atoms with E-state index in [1.807, 2.05) is 0 Å². The number of nitrogens with zero attached hydrogens (tertiary/aromatic N) is 1. The van der Waals surface area contributed by atoms with Crippen molar-refractivity contribution < 1.29 is 14.5 Å². The lowest BCUT2D eigenvalue weighted by Gasteiger charge is -2.09. The second-order valence-electron chi connectivity index (χ2n) is 3.16. The average molecular weight is 224 g/mol. The quantitative estimate of drug-likeness (QED) is 0.364. The van der Waals surface area contributed by atoms with Crippen LogP contribution >= 0.6 is 0 Å². The maximum atomic E-state index is 11.4. The SMILES string of the molecule is CCOc1cc(N)cc([N+](=O)[O-])c1C(C)=O. The van der Waals surface area contributed by atoms with E-state index < -0.39 is 10.7 Å². The van der Waals surface area contributed by atoms with E-state index in [1.54, 1.807) is 6.92 Å². The Kier molecular flexibility index (Phi) is 3.44. The molecule has 16 heavy (non-hydrogen) atoms. The zero-order valence-electron chi connectivity index (χ0n) is 9.02. The van der Waals surface area contributed by atoms with Crippen LogP contribution in [0.2, 0.25) is 0 Å². The van der Waals surface area contributed by atoms with Crippen molar-refractivity contribution in [3.05, 3.63) is 27.8 Å². The molecule has 0 unspecified atom stereocenters. The molecule has 0 atom stereocenters. The maximum Gasteiger partial charge on any atom is 0.286 e. The number of Topliss-reactive ketones (excluding diaryl/α,β-unsaturated/α-hetero) is 1. The van der Waals surface area contributed by atoms with Crippen LogP contribution in [0.1, 0.15) is 24.2 Å². The predicted octanol–water partition coefficient (Wildman–Crippen LogP) is 1.78. The summed E-state index contributed by atoms with van der Waals surface area (Å²) in [6.45, 7) is 3.28. The van der Waals surface area contributed by atoms with E-state index in [2.05, 4.69) is 0 Å². The third-order valence-corrected chi connectivity index (χ3v) is 1.95. The minimum absolute atomic E-state index is 0.0407. The molecule has 0 aromatic heterocycles. The molecule has 1 aromatic rings. The Balaban J connectivity index is 3.47. The van der Waals surface area contributed by atoms with Crippen LogP contribution in [0.15, 0.2) is 12.1 Å². The third-order valence-electron chi connectivity index (χ3n) is 1.95. The van der Waals surface area contributed by atoms with Gasteiger partial charge in [0.05, 0.1) is 11.5 Å². The molecule has 1 aromatic carbocycles. The van der Waals surface area contributed by atoms with Crippen LogP contribution in [0.4, 0.5) is 11.4 Å². The van der Waals surface area contributed by atoms with Crippen LogP contribution in [0.3, 0.4) is 0 Å². The predicted molar refractivity (Wildman–Crippen MR) is 58.7 cm³/mol. The lowest BCUT2D eigenvalue weighted by Crippen LogP contribution is -2.06. The number of carbonyl (C=O) groups is 1. The highest BCUT2D eigenvalue weighted by molar-refractivity contribution is 6.01. The largest absolute Gasteiger partial charge is 0.493 e. The molecule has 0 heterocycles. The second kappa shape index (κ2) is 4.61. The molecule has 0 radical (unpaired) electrons. The van der Waals surface area contributed by atoms with Gasteiger partial charge in [0, 0.05) is 17.8 Å². The molecule has 6 nitrogen and oxygen atoms in total. The van der Waals surface area contributed by atoms with Crippen molar-refractivity contribution in [1.82, 2.24) is 0 Å². The van der Waals surface area contributed by atoms with Gasteiger partial charge in [-0.15, -0.1) is 0 Å². The van der Waals surface area contributed by atoms with E-state index in [4.69, 9.17) is 10.5 Å². The van der Waals surface area contributed by atoms with Gasteiger partial charge in [-0.3, -0.25) is 14.9 Å². The van der Waals surface area contributed by atoms with Gasteiger partial charge in [-0.25, -0.2) is 0 Å². The van der Waals surface area contributed by atoms with Gasteiger partial charge in [0.2, 0.25) is 0 Å². The highest BCUT2D eigenvalue weighted by Gasteiger charge is 2.23. The van der Waals surface area contributed by atoms with Gasteiger partial charge in [0.25, 0.3) is 5.69 Å². The fourth-order valence-corrected chi connectivity index (χ4v) is 1.39. The fourth-order valence-electron chi connectivity index (χ4n) is 1.39. The first-order chi connectivity index (χ1) is 7.47. The number of nitro benzene ring substituents is 1. The number of ketones is 1. The van der Waals surface area contributed by atoms with Crippen LogP contribution in [-0.4, -0.2) is 17.3 Å². The summed E-state index contributed by atoms with van der Waals surface area (Å²) in [7, 11) is 0. The summed E-state index contributed by atoms with van der Waals surface area (Å²) in [5.41, 5.74) is 5.33. The number of benzene rings is 1. The average Bonchev–Trinajstić information content (AvgIpc) is 2.16. The fraction of sp³-hybridized carbons (Fsp3) is 0.300. The minimum Gasteiger partial charge on any atom is -0.493 e. The van der Waals surface area contributed by atoms with E-state index in [1.165, 1.54) is 13.0 Å². The van der Waals surface area contributed by atoms with E-state index in [-0.39, 0.29) is 22.7 Å². The van der Waals surface area contributed by atoms with E-state index >= 15 is 0 Å². The standard InChI is InChI=1S/C10H12N2O4/c1-3-16-9-5-7(11)4-8(12(14)15)10(9)6(2)13/h4-5H,3,11H2,1-2H3. The zero-order chi connectivity index (χ0) is 12.3. The first-order valence-electron chi connectivity index (χ1n) is 4.69. The van der Waals surface area contributed by atoms with Crippen LogP contribution in [-0.2, 0) is 0 Å². The monoisotopic (exact) mass is 224 g/mol. The number of nitro groups is 1. The number of ether oxygens (including phenoxy) is 1. The van der Waals surface area contributed by atoms with Gasteiger partial charge >= 0.3 is 0 Å². The van der Waals surface area contributed by atoms with Gasteiger partial charge in [0.1, 0.15) is 11.3 Å². The van der Waals surface area contributed by atoms with Gasteiger partial charge < -0.3 is 10.5 Å². The number of carbonyl (C=O) groups excluding carboxylic acids is 1. The van der Waals surface area contributed by atoms with Crippen molar-refractivity contribution in [2.45, 2.75) is 13.8 Å². The molecule has 0 spiro atoms. The molecule has 2 N–H and O–H groups in total. The van der Waals surface area contributed by atoms with Gasteiger partial charge in [-0.05, 0) is 13.8 Å². The highest BCUT2D eigenvalue weighted by atomic mass is 16.6. The van der Waals surface area contributed by atoms with Crippen LogP contribution < -0.4 is 10.5 Å². The van der Waals surface area contributed by atoms with E-state index in [9.17, 15) is 14.9 Å². The normalized spacial score (nSPS) is 9.88. The summed E-state index contributed by atoms with van der Waals surface area (Å²) in [5.74, 6) is -0.267. The lowest BCUT2D eigenvalue weighted by molar-refractivity contribution is -0.385.